The van der Waals surface area contributed by atoms with Gasteiger partial charge in [-0.2, -0.15) is 0 Å². The third-order valence-electron chi connectivity index (χ3n) is 4.71. The molecule has 1 aromatic rings. The van der Waals surface area contributed by atoms with E-state index in [1.54, 1.807) is 17.0 Å². The van der Waals surface area contributed by atoms with Crippen LogP contribution in [-0.4, -0.2) is 27.7 Å². The number of piperidine rings is 1. The molecule has 1 aliphatic carbocycles. The average Bonchev–Trinajstić information content (AvgIpc) is 2.39. The Kier molecular flexibility index (Phi) is 3.54. The van der Waals surface area contributed by atoms with Crippen LogP contribution < -0.4 is 16.2 Å². The van der Waals surface area contributed by atoms with Gasteiger partial charge in [-0.15, -0.1) is 0 Å². The molecule has 2 heterocycles. The molecule has 1 saturated heterocycles. The minimum atomic E-state index is -0.0105. The Morgan fingerprint density at radius 1 is 1.50 bits per heavy atom. The molecule has 0 radical (unpaired) electrons. The highest BCUT2D eigenvalue weighted by Crippen LogP contribution is 2.38. The topological polar surface area (TPSA) is 59.0 Å². The molecule has 1 saturated carbocycles. The van der Waals surface area contributed by atoms with Crippen LogP contribution >= 0.6 is 0 Å². The predicted molar refractivity (Wildman–Crippen MR) is 80.1 cm³/mol. The Balaban J connectivity index is 1.74. The Bertz CT molecular complexity index is 533. The Morgan fingerprint density at radius 2 is 2.30 bits per heavy atom. The van der Waals surface area contributed by atoms with Gasteiger partial charge in [-0.05, 0) is 52.5 Å². The van der Waals surface area contributed by atoms with Gasteiger partial charge in [-0.25, -0.2) is 4.98 Å². The molecule has 2 N–H and O–H groups in total. The van der Waals surface area contributed by atoms with Crippen LogP contribution in [0.2, 0.25) is 0 Å². The second-order valence-electron chi connectivity index (χ2n) is 6.48. The van der Waals surface area contributed by atoms with Crippen LogP contribution in [0, 0.1) is 0 Å². The highest BCUT2D eigenvalue weighted by atomic mass is 16.1. The molecule has 20 heavy (non-hydrogen) atoms. The second kappa shape index (κ2) is 5.20. The lowest BCUT2D eigenvalue weighted by Crippen LogP contribution is -2.58. The maximum Gasteiger partial charge on any atom is 0.293 e. The summed E-state index contributed by atoms with van der Waals surface area (Å²) in [4.78, 5) is 16.6. The number of rotatable bonds is 3. The van der Waals surface area contributed by atoms with E-state index in [0.29, 0.717) is 17.4 Å². The van der Waals surface area contributed by atoms with Crippen molar-refractivity contribution in [3.8, 4) is 0 Å². The normalized spacial score (nSPS) is 24.6. The lowest BCUT2D eigenvalue weighted by atomic mass is 9.70. The van der Waals surface area contributed by atoms with Crippen molar-refractivity contribution < 1.29 is 0 Å². The highest BCUT2D eigenvalue weighted by molar-refractivity contribution is 5.33. The summed E-state index contributed by atoms with van der Waals surface area (Å²) in [7, 11) is 0. The summed E-state index contributed by atoms with van der Waals surface area (Å²) in [5, 5.41) is 7.03. The van der Waals surface area contributed by atoms with Crippen LogP contribution in [0.25, 0.3) is 0 Å². The molecule has 2 fully saturated rings. The van der Waals surface area contributed by atoms with E-state index < -0.39 is 0 Å². The number of nitrogens with zero attached hydrogens (tertiary/aromatic N) is 2. The molecular formula is C15H24N4O. The lowest BCUT2D eigenvalue weighted by Gasteiger charge is -2.48. The van der Waals surface area contributed by atoms with Crippen LogP contribution in [0.5, 0.6) is 0 Å². The standard InChI is InChI=1S/C15H24N4O/c1-11(2)19-9-8-16-13(14(19)20)18-12-4-7-17-15(10-12)5-3-6-15/h8-9,11-12,17H,3-7,10H2,1-2H3,(H,16,18). The van der Waals surface area contributed by atoms with Gasteiger partial charge in [-0.3, -0.25) is 4.79 Å². The van der Waals surface area contributed by atoms with Crippen LogP contribution in [-0.2, 0) is 0 Å². The predicted octanol–water partition coefficient (Wildman–Crippen LogP) is 1.91. The van der Waals surface area contributed by atoms with Gasteiger partial charge in [0.2, 0.25) is 0 Å². The van der Waals surface area contributed by atoms with E-state index in [1.165, 1.54) is 19.3 Å². The molecule has 110 valence electrons. The molecule has 0 aromatic carbocycles. The van der Waals surface area contributed by atoms with E-state index in [4.69, 9.17) is 0 Å². The molecule has 0 amide bonds. The average molecular weight is 276 g/mol. The van der Waals surface area contributed by atoms with Crippen LogP contribution in [0.4, 0.5) is 5.82 Å². The number of hydrogen-bond acceptors (Lipinski definition) is 4. The van der Waals surface area contributed by atoms with E-state index in [-0.39, 0.29) is 11.6 Å². The first-order chi connectivity index (χ1) is 9.60. The van der Waals surface area contributed by atoms with Crippen molar-refractivity contribution in [2.75, 3.05) is 11.9 Å². The van der Waals surface area contributed by atoms with Crippen LogP contribution in [0.15, 0.2) is 17.2 Å². The zero-order chi connectivity index (χ0) is 14.2. The van der Waals surface area contributed by atoms with Gasteiger partial charge in [0.25, 0.3) is 5.56 Å². The fourth-order valence-corrected chi connectivity index (χ4v) is 3.39. The third-order valence-corrected chi connectivity index (χ3v) is 4.71. The molecular weight excluding hydrogens is 252 g/mol. The molecule has 0 bridgehead atoms. The Morgan fingerprint density at radius 3 is 2.95 bits per heavy atom. The summed E-state index contributed by atoms with van der Waals surface area (Å²) in [5.41, 5.74) is 0.325. The smallest absolute Gasteiger partial charge is 0.293 e. The maximum absolute atomic E-state index is 12.4. The van der Waals surface area contributed by atoms with E-state index in [0.717, 1.165) is 19.4 Å². The SMILES string of the molecule is CC(C)n1ccnc(NC2CCNC3(CCC3)C2)c1=O. The van der Waals surface area contributed by atoms with Gasteiger partial charge < -0.3 is 15.2 Å². The Hall–Kier alpha value is -1.36. The van der Waals surface area contributed by atoms with Crippen LogP contribution in [0.1, 0.15) is 52.0 Å². The molecule has 3 rings (SSSR count). The second-order valence-corrected chi connectivity index (χ2v) is 6.48. The van der Waals surface area contributed by atoms with Gasteiger partial charge in [0.15, 0.2) is 5.82 Å². The van der Waals surface area contributed by atoms with Crippen molar-refractivity contribution in [2.24, 2.45) is 0 Å². The lowest BCUT2D eigenvalue weighted by molar-refractivity contribution is 0.135. The summed E-state index contributed by atoms with van der Waals surface area (Å²) >= 11 is 0. The fraction of sp³-hybridized carbons (Fsp3) is 0.733. The number of nitrogens with one attached hydrogen (secondary N) is 2. The quantitative estimate of drug-likeness (QED) is 0.885. The van der Waals surface area contributed by atoms with Gasteiger partial charge in [0.1, 0.15) is 0 Å². The minimum absolute atomic E-state index is 0.0105. The van der Waals surface area contributed by atoms with Gasteiger partial charge in [-0.1, -0.05) is 0 Å². The molecule has 5 nitrogen and oxygen atoms in total. The first kappa shape index (κ1) is 13.6. The van der Waals surface area contributed by atoms with Crippen molar-refractivity contribution in [1.29, 1.82) is 0 Å². The van der Waals surface area contributed by atoms with Crippen molar-refractivity contribution in [2.45, 2.75) is 63.6 Å². The van der Waals surface area contributed by atoms with Gasteiger partial charge in [0, 0.05) is 30.0 Å². The van der Waals surface area contributed by atoms with Crippen LogP contribution in [0.3, 0.4) is 0 Å². The number of aromatic nitrogens is 2. The van der Waals surface area contributed by atoms with Crippen molar-refractivity contribution >= 4 is 5.82 Å². The molecule has 1 spiro atoms. The zero-order valence-corrected chi connectivity index (χ0v) is 12.4. The Labute approximate surface area is 119 Å². The summed E-state index contributed by atoms with van der Waals surface area (Å²) in [6.45, 7) is 5.06. The summed E-state index contributed by atoms with van der Waals surface area (Å²) in [6, 6.07) is 0.525. The number of hydrogen-bond donors (Lipinski definition) is 2. The molecule has 1 unspecified atom stereocenters. The fourth-order valence-electron chi connectivity index (χ4n) is 3.39. The summed E-state index contributed by atoms with van der Waals surface area (Å²) in [6.07, 6.45) is 9.48. The first-order valence-electron chi connectivity index (χ1n) is 7.68. The third kappa shape index (κ3) is 2.46. The monoisotopic (exact) mass is 276 g/mol. The largest absolute Gasteiger partial charge is 0.363 e. The minimum Gasteiger partial charge on any atom is -0.363 e. The van der Waals surface area contributed by atoms with E-state index >= 15 is 0 Å². The molecule has 1 aliphatic heterocycles. The molecule has 5 heteroatoms. The van der Waals surface area contributed by atoms with Gasteiger partial charge in [0.05, 0.1) is 0 Å². The van der Waals surface area contributed by atoms with E-state index in [1.807, 2.05) is 13.8 Å². The van der Waals surface area contributed by atoms with Gasteiger partial charge >= 0.3 is 0 Å². The summed E-state index contributed by atoms with van der Waals surface area (Å²) < 4.78 is 1.73. The maximum atomic E-state index is 12.4. The number of anilines is 1. The van der Waals surface area contributed by atoms with E-state index in [2.05, 4.69) is 15.6 Å². The zero-order valence-electron chi connectivity index (χ0n) is 12.4. The van der Waals surface area contributed by atoms with E-state index in [9.17, 15) is 4.79 Å². The first-order valence-corrected chi connectivity index (χ1v) is 7.68. The van der Waals surface area contributed by atoms with Crippen molar-refractivity contribution in [3.63, 3.8) is 0 Å². The highest BCUT2D eigenvalue weighted by Gasteiger charge is 2.41. The van der Waals surface area contributed by atoms with Crippen molar-refractivity contribution in [3.05, 3.63) is 22.7 Å². The van der Waals surface area contributed by atoms with Crippen molar-refractivity contribution in [1.82, 2.24) is 14.9 Å². The molecule has 1 aromatic heterocycles. The summed E-state index contributed by atoms with van der Waals surface area (Å²) in [5.74, 6) is 0.502. The molecule has 1 atom stereocenters. The molecule has 2 aliphatic rings.